The molecule has 0 atom stereocenters. The number of nitrogens with zero attached hydrogens (tertiary/aromatic N) is 2. The maximum absolute atomic E-state index is 12.3. The lowest BCUT2D eigenvalue weighted by molar-refractivity contribution is 0.102. The highest BCUT2D eigenvalue weighted by Gasteiger charge is 2.11. The second-order valence-corrected chi connectivity index (χ2v) is 6.95. The Morgan fingerprint density at radius 1 is 1.25 bits per heavy atom. The van der Waals surface area contributed by atoms with Gasteiger partial charge in [0.25, 0.3) is 5.91 Å². The van der Waals surface area contributed by atoms with Gasteiger partial charge in [-0.25, -0.2) is 4.98 Å². The van der Waals surface area contributed by atoms with Crippen LogP contribution in [0.3, 0.4) is 0 Å². The maximum Gasteiger partial charge on any atom is 0.257 e. The van der Waals surface area contributed by atoms with Crippen molar-refractivity contribution in [1.29, 1.82) is 0 Å². The zero-order valence-corrected chi connectivity index (χ0v) is 14.6. The maximum atomic E-state index is 12.3. The molecule has 3 rings (SSSR count). The summed E-state index contributed by atoms with van der Waals surface area (Å²) in [6.07, 6.45) is 1.58. The lowest BCUT2D eigenvalue weighted by atomic mass is 10.1. The normalized spacial score (nSPS) is 15.0. The van der Waals surface area contributed by atoms with Crippen LogP contribution in [0.2, 0.25) is 0 Å². The Balaban J connectivity index is 1.63. The lowest BCUT2D eigenvalue weighted by Crippen LogP contribution is -2.31. The molecule has 1 amide bonds. The largest absolute Gasteiger partial charge is 0.373 e. The predicted octanol–water partition coefficient (Wildman–Crippen LogP) is 2.92. The summed E-state index contributed by atoms with van der Waals surface area (Å²) in [5.41, 5.74) is 2.59. The predicted molar refractivity (Wildman–Crippen MR) is 101 cm³/mol. The van der Waals surface area contributed by atoms with Gasteiger partial charge in [-0.05, 0) is 29.8 Å². The van der Waals surface area contributed by atoms with Crippen molar-refractivity contribution in [2.45, 2.75) is 6.54 Å². The summed E-state index contributed by atoms with van der Waals surface area (Å²) in [6, 6.07) is 11.6. The average molecular weight is 342 g/mol. The van der Waals surface area contributed by atoms with E-state index in [0.29, 0.717) is 5.56 Å². The first-order valence-corrected chi connectivity index (χ1v) is 9.24. The van der Waals surface area contributed by atoms with Crippen molar-refractivity contribution in [1.82, 2.24) is 9.88 Å². The lowest BCUT2D eigenvalue weighted by Gasteiger charge is -2.26. The highest BCUT2D eigenvalue weighted by molar-refractivity contribution is 7.99. The second-order valence-electron chi connectivity index (χ2n) is 5.73. The number of hydrogen-bond donors (Lipinski definition) is 2. The van der Waals surface area contributed by atoms with Gasteiger partial charge in [0, 0.05) is 50.1 Å². The SMILES string of the molecule is CNc1ccc(C(=O)Nc2cccc(CN3CCSCC3)c2)cn1. The van der Waals surface area contributed by atoms with Crippen LogP contribution in [-0.2, 0) is 6.54 Å². The molecule has 2 N–H and O–H groups in total. The van der Waals surface area contributed by atoms with Gasteiger partial charge >= 0.3 is 0 Å². The first kappa shape index (κ1) is 16.8. The average Bonchev–Trinajstić information content (AvgIpc) is 2.63. The summed E-state index contributed by atoms with van der Waals surface area (Å²) in [5.74, 6) is 3.00. The molecule has 1 aromatic carbocycles. The number of carbonyl (C=O) groups excluding carboxylic acids is 1. The van der Waals surface area contributed by atoms with Gasteiger partial charge in [0.15, 0.2) is 0 Å². The van der Waals surface area contributed by atoms with Crippen molar-refractivity contribution >= 4 is 29.2 Å². The van der Waals surface area contributed by atoms with E-state index in [1.54, 1.807) is 25.4 Å². The Morgan fingerprint density at radius 2 is 2.08 bits per heavy atom. The number of aromatic nitrogens is 1. The molecule has 0 saturated carbocycles. The number of nitrogens with one attached hydrogen (secondary N) is 2. The monoisotopic (exact) mass is 342 g/mol. The topological polar surface area (TPSA) is 57.3 Å². The van der Waals surface area contributed by atoms with E-state index in [2.05, 4.69) is 32.7 Å². The minimum atomic E-state index is -0.142. The summed E-state index contributed by atoms with van der Waals surface area (Å²) in [4.78, 5) is 19.0. The smallest absolute Gasteiger partial charge is 0.257 e. The van der Waals surface area contributed by atoms with E-state index < -0.39 is 0 Å². The van der Waals surface area contributed by atoms with Crippen molar-refractivity contribution in [3.05, 3.63) is 53.7 Å². The number of rotatable bonds is 5. The summed E-state index contributed by atoms with van der Waals surface area (Å²) >= 11 is 2.01. The van der Waals surface area contributed by atoms with Crippen molar-refractivity contribution in [3.8, 4) is 0 Å². The van der Waals surface area contributed by atoms with Gasteiger partial charge in [-0.1, -0.05) is 12.1 Å². The molecule has 5 nitrogen and oxygen atoms in total. The number of carbonyl (C=O) groups is 1. The fourth-order valence-corrected chi connectivity index (χ4v) is 3.62. The summed E-state index contributed by atoms with van der Waals surface area (Å²) in [7, 11) is 1.80. The van der Waals surface area contributed by atoms with Gasteiger partial charge in [-0.3, -0.25) is 9.69 Å². The van der Waals surface area contributed by atoms with Gasteiger partial charge in [0.05, 0.1) is 5.56 Å². The van der Waals surface area contributed by atoms with Crippen molar-refractivity contribution in [2.75, 3.05) is 42.3 Å². The number of hydrogen-bond acceptors (Lipinski definition) is 5. The number of pyridine rings is 1. The third-order valence-electron chi connectivity index (χ3n) is 3.98. The van der Waals surface area contributed by atoms with Gasteiger partial charge in [0.1, 0.15) is 5.82 Å². The molecule has 1 aliphatic heterocycles. The van der Waals surface area contributed by atoms with Crippen LogP contribution in [0.25, 0.3) is 0 Å². The fourth-order valence-electron chi connectivity index (χ4n) is 2.64. The summed E-state index contributed by atoms with van der Waals surface area (Å²) < 4.78 is 0. The number of thioether (sulfide) groups is 1. The Hall–Kier alpha value is -2.05. The molecule has 2 heterocycles. The van der Waals surface area contributed by atoms with Crippen molar-refractivity contribution in [3.63, 3.8) is 0 Å². The minimum absolute atomic E-state index is 0.142. The van der Waals surface area contributed by atoms with Gasteiger partial charge in [0.2, 0.25) is 0 Å². The second kappa shape index (κ2) is 8.17. The van der Waals surface area contributed by atoms with Crippen molar-refractivity contribution < 1.29 is 4.79 Å². The van der Waals surface area contributed by atoms with Crippen LogP contribution in [0.1, 0.15) is 15.9 Å². The number of amides is 1. The Labute approximate surface area is 146 Å². The van der Waals surface area contributed by atoms with E-state index in [4.69, 9.17) is 0 Å². The molecule has 0 aliphatic carbocycles. The molecule has 1 fully saturated rings. The van der Waals surface area contributed by atoms with Crippen LogP contribution in [0.5, 0.6) is 0 Å². The first-order valence-electron chi connectivity index (χ1n) is 8.09. The van der Waals surface area contributed by atoms with Crippen LogP contribution in [0.15, 0.2) is 42.6 Å². The van der Waals surface area contributed by atoms with Gasteiger partial charge < -0.3 is 10.6 Å². The molecule has 1 aromatic heterocycles. The molecule has 1 saturated heterocycles. The Kier molecular flexibility index (Phi) is 5.72. The van der Waals surface area contributed by atoms with Crippen LogP contribution >= 0.6 is 11.8 Å². The van der Waals surface area contributed by atoms with E-state index in [1.165, 1.54) is 17.1 Å². The van der Waals surface area contributed by atoms with E-state index in [0.717, 1.165) is 31.1 Å². The number of benzene rings is 1. The quantitative estimate of drug-likeness (QED) is 0.875. The molecular weight excluding hydrogens is 320 g/mol. The molecule has 0 unspecified atom stereocenters. The molecule has 24 heavy (non-hydrogen) atoms. The van der Waals surface area contributed by atoms with E-state index in [1.807, 2.05) is 23.9 Å². The Bertz CT molecular complexity index is 684. The van der Waals surface area contributed by atoms with Crippen LogP contribution < -0.4 is 10.6 Å². The molecule has 0 spiro atoms. The zero-order chi connectivity index (χ0) is 16.8. The molecule has 126 valence electrons. The summed E-state index contributed by atoms with van der Waals surface area (Å²) in [6.45, 7) is 3.19. The standard InChI is InChI=1S/C18H22N4OS/c1-19-17-6-5-15(12-20-17)18(23)21-16-4-2-3-14(11-16)13-22-7-9-24-10-8-22/h2-6,11-12H,7-10,13H2,1H3,(H,19,20)(H,21,23). The fraction of sp³-hybridized carbons (Fsp3) is 0.333. The molecule has 1 aliphatic rings. The van der Waals surface area contributed by atoms with E-state index in [-0.39, 0.29) is 5.91 Å². The molecule has 2 aromatic rings. The van der Waals surface area contributed by atoms with Crippen molar-refractivity contribution in [2.24, 2.45) is 0 Å². The third-order valence-corrected chi connectivity index (χ3v) is 4.92. The molecular formula is C18H22N4OS. The highest BCUT2D eigenvalue weighted by atomic mass is 32.2. The molecule has 0 bridgehead atoms. The zero-order valence-electron chi connectivity index (χ0n) is 13.8. The van der Waals surface area contributed by atoms with Crippen LogP contribution in [0, 0.1) is 0 Å². The van der Waals surface area contributed by atoms with Crippen LogP contribution in [0.4, 0.5) is 11.5 Å². The number of anilines is 2. The summed E-state index contributed by atoms with van der Waals surface area (Å²) in [5, 5.41) is 5.89. The first-order chi connectivity index (χ1) is 11.7. The minimum Gasteiger partial charge on any atom is -0.373 e. The molecule has 0 radical (unpaired) electrons. The molecule has 6 heteroatoms. The van der Waals surface area contributed by atoms with E-state index >= 15 is 0 Å². The third kappa shape index (κ3) is 4.49. The van der Waals surface area contributed by atoms with Crippen LogP contribution in [-0.4, -0.2) is 47.4 Å². The van der Waals surface area contributed by atoms with E-state index in [9.17, 15) is 4.79 Å². The Morgan fingerprint density at radius 3 is 2.79 bits per heavy atom. The highest BCUT2D eigenvalue weighted by Crippen LogP contribution is 2.17. The van der Waals surface area contributed by atoms with Gasteiger partial charge in [-0.15, -0.1) is 0 Å². The van der Waals surface area contributed by atoms with Gasteiger partial charge in [-0.2, -0.15) is 11.8 Å².